The minimum absolute atomic E-state index is 0.0245. The summed E-state index contributed by atoms with van der Waals surface area (Å²) in [5.74, 6) is 0.387. The molecule has 0 bridgehead atoms. The highest BCUT2D eigenvalue weighted by atomic mass is 32.2. The maximum atomic E-state index is 12.6. The van der Waals surface area contributed by atoms with E-state index in [1.807, 2.05) is 0 Å². The van der Waals surface area contributed by atoms with E-state index in [1.54, 1.807) is 29.0 Å². The Morgan fingerprint density at radius 1 is 1.11 bits per heavy atom. The van der Waals surface area contributed by atoms with Crippen LogP contribution >= 0.6 is 0 Å². The molecule has 12 nitrogen and oxygen atoms in total. The number of anilines is 2. The molecule has 1 aliphatic heterocycles. The highest BCUT2D eigenvalue weighted by molar-refractivity contribution is 7.89. The van der Waals surface area contributed by atoms with Crippen molar-refractivity contribution in [3.63, 3.8) is 0 Å². The zero-order valence-corrected chi connectivity index (χ0v) is 21.4. The molecule has 3 aromatic rings. The fourth-order valence-corrected chi connectivity index (χ4v) is 5.56. The van der Waals surface area contributed by atoms with Gasteiger partial charge in [-0.05, 0) is 43.5 Å². The number of nitrogens with two attached hydrogens (primary N) is 1. The van der Waals surface area contributed by atoms with Gasteiger partial charge in [0.15, 0.2) is 0 Å². The van der Waals surface area contributed by atoms with Crippen molar-refractivity contribution in [2.24, 2.45) is 5.14 Å². The second-order valence-corrected chi connectivity index (χ2v) is 12.3. The van der Waals surface area contributed by atoms with Crippen molar-refractivity contribution in [3.8, 4) is 0 Å². The Morgan fingerprint density at radius 3 is 2.56 bits per heavy atom. The van der Waals surface area contributed by atoms with E-state index in [1.165, 1.54) is 28.8 Å². The van der Waals surface area contributed by atoms with Gasteiger partial charge in [-0.25, -0.2) is 31.3 Å². The molecule has 14 heteroatoms. The van der Waals surface area contributed by atoms with Gasteiger partial charge in [0.05, 0.1) is 11.2 Å². The van der Waals surface area contributed by atoms with Gasteiger partial charge in [-0.1, -0.05) is 6.07 Å². The molecule has 0 aliphatic carbocycles. The van der Waals surface area contributed by atoms with Crippen LogP contribution in [0.4, 0.5) is 11.6 Å². The van der Waals surface area contributed by atoms with Crippen molar-refractivity contribution >= 4 is 42.7 Å². The van der Waals surface area contributed by atoms with Gasteiger partial charge in [-0.3, -0.25) is 9.36 Å². The quantitative estimate of drug-likeness (QED) is 0.335. The molecule has 2 aromatic heterocycles. The van der Waals surface area contributed by atoms with E-state index >= 15 is 0 Å². The lowest BCUT2D eigenvalue weighted by atomic mass is 10.1. The van der Waals surface area contributed by atoms with Gasteiger partial charge < -0.3 is 10.6 Å². The summed E-state index contributed by atoms with van der Waals surface area (Å²) in [6, 6.07) is 9.42. The van der Waals surface area contributed by atoms with Crippen LogP contribution in [-0.4, -0.2) is 67.6 Å². The molecular weight excluding hydrogens is 506 g/mol. The number of hydrogen-bond acceptors (Lipinski definition) is 9. The molecule has 1 aromatic carbocycles. The topological polar surface area (TPSA) is 169 Å². The summed E-state index contributed by atoms with van der Waals surface area (Å²) < 4.78 is 49.6. The molecule has 0 unspecified atom stereocenters. The van der Waals surface area contributed by atoms with Crippen molar-refractivity contribution in [1.29, 1.82) is 0 Å². The van der Waals surface area contributed by atoms with Gasteiger partial charge in [-0.2, -0.15) is 4.98 Å². The normalized spacial score (nSPS) is 15.7. The molecule has 0 atom stereocenters. The highest BCUT2D eigenvalue weighted by Crippen LogP contribution is 2.18. The van der Waals surface area contributed by atoms with Gasteiger partial charge >= 0.3 is 0 Å². The molecule has 1 aliphatic rings. The molecule has 194 valence electrons. The summed E-state index contributed by atoms with van der Waals surface area (Å²) in [4.78, 5) is 21.6. The van der Waals surface area contributed by atoms with Crippen LogP contribution in [0.1, 0.15) is 19.3 Å². The Morgan fingerprint density at radius 2 is 1.86 bits per heavy atom. The molecule has 0 radical (unpaired) electrons. The fourth-order valence-electron chi connectivity index (χ4n) is 4.12. The molecule has 1 saturated heterocycles. The van der Waals surface area contributed by atoms with Gasteiger partial charge in [0.2, 0.25) is 26.0 Å². The highest BCUT2D eigenvalue weighted by Gasteiger charge is 2.25. The average Bonchev–Trinajstić information content (AvgIpc) is 2.82. The van der Waals surface area contributed by atoms with E-state index in [4.69, 9.17) is 5.14 Å². The van der Waals surface area contributed by atoms with Crippen LogP contribution in [0.25, 0.3) is 11.0 Å². The number of nitrogens with zero attached hydrogens (tertiary/aromatic N) is 4. The molecule has 3 heterocycles. The third-order valence-corrected chi connectivity index (χ3v) is 8.24. The average molecular weight is 536 g/mol. The zero-order valence-electron chi connectivity index (χ0n) is 19.8. The van der Waals surface area contributed by atoms with Crippen LogP contribution in [0.3, 0.4) is 0 Å². The first-order valence-electron chi connectivity index (χ1n) is 11.5. The standard InChI is InChI=1S/C22H29N7O5S2/c1-35(31,32)28-12-8-17(9-13-28)26-22-25-15-16-6-7-20(30)29(21(16)27-22)11-3-10-24-18-4-2-5-19(14-18)36(23,33)34/h2,4-7,14-15,17,24H,3,8-13H2,1H3,(H2,23,33,34)(H,25,26,27). The van der Waals surface area contributed by atoms with Crippen LogP contribution in [0, 0.1) is 0 Å². The second-order valence-electron chi connectivity index (χ2n) is 8.73. The van der Waals surface area contributed by atoms with E-state index in [2.05, 4.69) is 20.6 Å². The van der Waals surface area contributed by atoms with Gasteiger partial charge in [0.1, 0.15) is 5.65 Å². The van der Waals surface area contributed by atoms with E-state index < -0.39 is 20.0 Å². The molecule has 4 N–H and O–H groups in total. The first-order valence-corrected chi connectivity index (χ1v) is 14.9. The van der Waals surface area contributed by atoms with Crippen molar-refractivity contribution in [3.05, 3.63) is 52.9 Å². The van der Waals surface area contributed by atoms with Gasteiger partial charge in [-0.15, -0.1) is 0 Å². The number of pyridine rings is 1. The summed E-state index contributed by atoms with van der Waals surface area (Å²) in [6.07, 6.45) is 4.71. The summed E-state index contributed by atoms with van der Waals surface area (Å²) in [7, 11) is -6.99. The van der Waals surface area contributed by atoms with E-state index in [0.29, 0.717) is 62.7 Å². The maximum Gasteiger partial charge on any atom is 0.252 e. The third kappa shape index (κ3) is 6.37. The smallest absolute Gasteiger partial charge is 0.252 e. The molecule has 4 rings (SSSR count). The Kier molecular flexibility index (Phi) is 7.59. The number of benzene rings is 1. The third-order valence-electron chi connectivity index (χ3n) is 6.03. The summed E-state index contributed by atoms with van der Waals surface area (Å²) in [5.41, 5.74) is 0.928. The first-order chi connectivity index (χ1) is 17.0. The fraction of sp³-hybridized carbons (Fsp3) is 0.409. The minimum Gasteiger partial charge on any atom is -0.385 e. The SMILES string of the molecule is CS(=O)(=O)N1CCC(Nc2ncc3ccc(=O)n(CCCNc4cccc(S(N)(=O)=O)c4)c3n2)CC1. The monoisotopic (exact) mass is 535 g/mol. The number of piperidine rings is 1. The molecule has 0 saturated carbocycles. The predicted molar refractivity (Wildman–Crippen MR) is 138 cm³/mol. The molecule has 1 fully saturated rings. The lowest BCUT2D eigenvalue weighted by Gasteiger charge is -2.30. The summed E-state index contributed by atoms with van der Waals surface area (Å²) in [6.45, 7) is 1.75. The Bertz CT molecular complexity index is 1520. The zero-order chi connectivity index (χ0) is 25.9. The Hall–Kier alpha value is -3.07. The molecule has 0 amide bonds. The van der Waals surface area contributed by atoms with Crippen LogP contribution in [0.2, 0.25) is 0 Å². The van der Waals surface area contributed by atoms with E-state index in [0.717, 1.165) is 5.39 Å². The molecule has 0 spiro atoms. The lowest BCUT2D eigenvalue weighted by molar-refractivity contribution is 0.331. The minimum atomic E-state index is -3.79. The number of aromatic nitrogens is 3. The Balaban J connectivity index is 1.42. The first kappa shape index (κ1) is 26.0. The number of nitrogens with one attached hydrogen (secondary N) is 2. The number of rotatable bonds is 9. The number of aryl methyl sites for hydroxylation is 1. The Labute approximate surface area is 209 Å². The van der Waals surface area contributed by atoms with Crippen LogP contribution in [-0.2, 0) is 26.6 Å². The summed E-state index contributed by atoms with van der Waals surface area (Å²) in [5, 5.41) is 12.3. The van der Waals surface area contributed by atoms with E-state index in [9.17, 15) is 21.6 Å². The number of primary sulfonamides is 1. The van der Waals surface area contributed by atoms with Crippen molar-refractivity contribution < 1.29 is 16.8 Å². The lowest BCUT2D eigenvalue weighted by Crippen LogP contribution is -2.42. The second kappa shape index (κ2) is 10.5. The number of sulfonamides is 2. The van der Waals surface area contributed by atoms with Gasteiger partial charge in [0.25, 0.3) is 5.56 Å². The van der Waals surface area contributed by atoms with Crippen molar-refractivity contribution in [2.75, 3.05) is 36.5 Å². The van der Waals surface area contributed by atoms with E-state index in [-0.39, 0.29) is 16.5 Å². The number of hydrogen-bond donors (Lipinski definition) is 3. The van der Waals surface area contributed by atoms with Crippen LogP contribution in [0.15, 0.2) is 52.3 Å². The van der Waals surface area contributed by atoms with Crippen LogP contribution < -0.4 is 21.3 Å². The molecular formula is C22H29N7O5S2. The summed E-state index contributed by atoms with van der Waals surface area (Å²) >= 11 is 0. The predicted octanol–water partition coefficient (Wildman–Crippen LogP) is 0.777. The van der Waals surface area contributed by atoms with Crippen molar-refractivity contribution in [2.45, 2.75) is 36.7 Å². The molecule has 36 heavy (non-hydrogen) atoms. The van der Waals surface area contributed by atoms with Crippen molar-refractivity contribution in [1.82, 2.24) is 18.8 Å². The maximum absolute atomic E-state index is 12.6. The van der Waals surface area contributed by atoms with Gasteiger partial charge in [0, 0.05) is 55.6 Å². The number of fused-ring (bicyclic) bond motifs is 1. The largest absolute Gasteiger partial charge is 0.385 e. The van der Waals surface area contributed by atoms with Crippen LogP contribution in [0.5, 0.6) is 0 Å².